The molecule has 1 aliphatic carbocycles. The highest BCUT2D eigenvalue weighted by molar-refractivity contribution is 6.06. The van der Waals surface area contributed by atoms with Crippen LogP contribution in [0.3, 0.4) is 0 Å². The Balaban J connectivity index is 1.08. The van der Waals surface area contributed by atoms with Crippen molar-refractivity contribution in [3.63, 3.8) is 0 Å². The van der Waals surface area contributed by atoms with E-state index in [-0.39, 0.29) is 12.0 Å². The Labute approximate surface area is 239 Å². The standard InChI is InChI=1S/C30H34N10O/c1-37-20-24(19-32-37)22-5-3-4-21(16-22)17-26-28-25(35-38(26)2)7-6-23-18-31-30(34-29(23)28)33-27-8-9-40(36-27)11-10-39-12-14-41-15-13-39/h3-9,16,18-20,26,28H,10-15,17H2,1-2H3,(H,31,33,34,36). The van der Waals surface area contributed by atoms with Gasteiger partial charge in [0.1, 0.15) is 0 Å². The summed E-state index contributed by atoms with van der Waals surface area (Å²) in [5, 5.41) is 19.3. The zero-order chi connectivity index (χ0) is 27.8. The Hall–Kier alpha value is -4.35. The first-order valence-corrected chi connectivity index (χ1v) is 14.1. The molecule has 5 heterocycles. The fourth-order valence-corrected chi connectivity index (χ4v) is 5.88. The molecule has 3 aliphatic rings. The predicted octanol–water partition coefficient (Wildman–Crippen LogP) is 3.17. The molecule has 41 heavy (non-hydrogen) atoms. The van der Waals surface area contributed by atoms with Crippen molar-refractivity contribution in [2.24, 2.45) is 12.1 Å². The number of hydrogen-bond donors (Lipinski definition) is 1. The number of nitrogens with one attached hydrogen (secondary N) is 1. The molecule has 3 aromatic heterocycles. The molecule has 2 atom stereocenters. The molecule has 0 spiro atoms. The maximum absolute atomic E-state index is 5.45. The number of nitrogens with zero attached hydrogens (tertiary/aromatic N) is 9. The highest BCUT2D eigenvalue weighted by Crippen LogP contribution is 2.38. The van der Waals surface area contributed by atoms with Crippen LogP contribution in [0.1, 0.15) is 22.7 Å². The number of anilines is 2. The van der Waals surface area contributed by atoms with Crippen LogP contribution in [-0.4, -0.2) is 91.1 Å². The predicted molar refractivity (Wildman–Crippen MR) is 158 cm³/mol. The minimum absolute atomic E-state index is 0.0525. The number of aromatic nitrogens is 6. The number of allylic oxidation sites excluding steroid dienone is 1. The van der Waals surface area contributed by atoms with Gasteiger partial charge in [0.2, 0.25) is 5.95 Å². The topological polar surface area (TPSA) is 102 Å². The first-order chi connectivity index (χ1) is 20.1. The van der Waals surface area contributed by atoms with E-state index >= 15 is 0 Å². The molecule has 0 bridgehead atoms. The normalized spacial score (nSPS) is 20.1. The Morgan fingerprint density at radius 1 is 1.02 bits per heavy atom. The van der Waals surface area contributed by atoms with E-state index in [0.29, 0.717) is 5.95 Å². The molecule has 0 saturated carbocycles. The van der Waals surface area contributed by atoms with Gasteiger partial charge in [-0.1, -0.05) is 24.3 Å². The van der Waals surface area contributed by atoms with Gasteiger partial charge in [-0.05, 0) is 29.7 Å². The zero-order valence-electron chi connectivity index (χ0n) is 23.4. The number of fused-ring (bicyclic) bond motifs is 3. The van der Waals surface area contributed by atoms with Crippen LogP contribution in [0.2, 0.25) is 0 Å². The van der Waals surface area contributed by atoms with Crippen molar-refractivity contribution in [2.45, 2.75) is 24.9 Å². The van der Waals surface area contributed by atoms with Crippen LogP contribution in [0.25, 0.3) is 17.2 Å². The van der Waals surface area contributed by atoms with Gasteiger partial charge >= 0.3 is 0 Å². The summed E-state index contributed by atoms with van der Waals surface area (Å²) >= 11 is 0. The van der Waals surface area contributed by atoms with E-state index in [2.05, 4.69) is 68.8 Å². The summed E-state index contributed by atoms with van der Waals surface area (Å²) in [7, 11) is 4.00. The molecule has 1 saturated heterocycles. The summed E-state index contributed by atoms with van der Waals surface area (Å²) < 4.78 is 9.24. The molecule has 1 aromatic carbocycles. The van der Waals surface area contributed by atoms with Gasteiger partial charge in [-0.25, -0.2) is 9.97 Å². The van der Waals surface area contributed by atoms with Crippen molar-refractivity contribution in [3.05, 3.63) is 78.0 Å². The Morgan fingerprint density at radius 2 is 1.93 bits per heavy atom. The van der Waals surface area contributed by atoms with Crippen LogP contribution in [0.15, 0.2) is 66.3 Å². The lowest BCUT2D eigenvalue weighted by Gasteiger charge is -2.27. The Kier molecular flexibility index (Phi) is 6.81. The molecule has 4 aromatic rings. The van der Waals surface area contributed by atoms with Gasteiger partial charge in [0.05, 0.1) is 49.3 Å². The van der Waals surface area contributed by atoms with Crippen molar-refractivity contribution in [1.29, 1.82) is 0 Å². The molecule has 210 valence electrons. The van der Waals surface area contributed by atoms with Gasteiger partial charge < -0.3 is 10.1 Å². The van der Waals surface area contributed by atoms with Crippen LogP contribution < -0.4 is 5.32 Å². The van der Waals surface area contributed by atoms with Crippen molar-refractivity contribution in [1.82, 2.24) is 39.4 Å². The minimum atomic E-state index is 0.0525. The number of morpholine rings is 1. The fourth-order valence-electron chi connectivity index (χ4n) is 5.88. The largest absolute Gasteiger partial charge is 0.379 e. The third-order valence-corrected chi connectivity index (χ3v) is 8.07. The molecule has 2 aliphatic heterocycles. The number of rotatable bonds is 8. The molecule has 0 amide bonds. The fraction of sp³-hybridized carbons (Fsp3) is 0.367. The highest BCUT2D eigenvalue weighted by Gasteiger charge is 2.39. The molecule has 2 unspecified atom stereocenters. The molecule has 1 fully saturated rings. The van der Waals surface area contributed by atoms with E-state index < -0.39 is 0 Å². The average Bonchev–Trinajstić information content (AvgIpc) is 3.71. The third-order valence-electron chi connectivity index (χ3n) is 8.07. The number of ether oxygens (including phenoxy) is 1. The van der Waals surface area contributed by atoms with E-state index in [1.54, 1.807) is 0 Å². The number of likely N-dealkylation sites (N-methyl/N-ethyl adjacent to an activating group) is 1. The Morgan fingerprint density at radius 3 is 2.78 bits per heavy atom. The lowest BCUT2D eigenvalue weighted by Crippen LogP contribution is -2.38. The maximum Gasteiger partial charge on any atom is 0.228 e. The molecular weight excluding hydrogens is 516 g/mol. The van der Waals surface area contributed by atoms with Crippen LogP contribution in [0.4, 0.5) is 11.8 Å². The molecular formula is C30H34N10O. The maximum atomic E-state index is 5.45. The third kappa shape index (κ3) is 5.38. The van der Waals surface area contributed by atoms with E-state index in [9.17, 15) is 0 Å². The lowest BCUT2D eigenvalue weighted by molar-refractivity contribution is 0.0360. The second-order valence-electron chi connectivity index (χ2n) is 10.9. The van der Waals surface area contributed by atoms with Crippen molar-refractivity contribution in [3.8, 4) is 11.1 Å². The van der Waals surface area contributed by atoms with Gasteiger partial charge in [-0.2, -0.15) is 15.3 Å². The van der Waals surface area contributed by atoms with E-state index in [0.717, 1.165) is 74.2 Å². The van der Waals surface area contributed by atoms with Gasteiger partial charge in [0.25, 0.3) is 0 Å². The van der Waals surface area contributed by atoms with E-state index in [1.807, 2.05) is 47.3 Å². The van der Waals surface area contributed by atoms with Crippen LogP contribution in [0, 0.1) is 0 Å². The summed E-state index contributed by atoms with van der Waals surface area (Å²) in [6.07, 6.45) is 12.8. The number of aryl methyl sites for hydroxylation is 1. The summed E-state index contributed by atoms with van der Waals surface area (Å²) in [6, 6.07) is 10.8. The first-order valence-electron chi connectivity index (χ1n) is 14.1. The van der Waals surface area contributed by atoms with E-state index in [1.165, 1.54) is 11.1 Å². The minimum Gasteiger partial charge on any atom is -0.379 e. The van der Waals surface area contributed by atoms with Gasteiger partial charge in [-0.3, -0.25) is 19.3 Å². The first kappa shape index (κ1) is 25.6. The quantitative estimate of drug-likeness (QED) is 0.357. The summed E-state index contributed by atoms with van der Waals surface area (Å²) in [5.74, 6) is 1.33. The molecule has 7 rings (SSSR count). The lowest BCUT2D eigenvalue weighted by atomic mass is 9.83. The average molecular weight is 551 g/mol. The smallest absolute Gasteiger partial charge is 0.228 e. The van der Waals surface area contributed by atoms with Gasteiger partial charge in [0, 0.05) is 69.5 Å². The Bertz CT molecular complexity index is 1600. The van der Waals surface area contributed by atoms with Crippen LogP contribution in [-0.2, 0) is 24.8 Å². The number of benzene rings is 1. The number of hydrogen-bond acceptors (Lipinski definition) is 9. The number of hydrazone groups is 1. The molecule has 11 heteroatoms. The molecule has 1 N–H and O–H groups in total. The van der Waals surface area contributed by atoms with Crippen molar-refractivity contribution >= 4 is 23.6 Å². The molecule has 11 nitrogen and oxygen atoms in total. The van der Waals surface area contributed by atoms with Crippen LogP contribution >= 0.6 is 0 Å². The summed E-state index contributed by atoms with van der Waals surface area (Å²) in [5.41, 5.74) is 6.59. The second-order valence-corrected chi connectivity index (χ2v) is 10.9. The van der Waals surface area contributed by atoms with Crippen molar-refractivity contribution in [2.75, 3.05) is 45.2 Å². The highest BCUT2D eigenvalue weighted by atomic mass is 16.5. The van der Waals surface area contributed by atoms with Crippen LogP contribution in [0.5, 0.6) is 0 Å². The van der Waals surface area contributed by atoms with E-state index in [4.69, 9.17) is 19.9 Å². The van der Waals surface area contributed by atoms with Gasteiger partial charge in [-0.15, -0.1) is 0 Å². The SMILES string of the molecule is CN1N=C2C=Cc3cnc(Nc4ccn(CCN5CCOCC5)n4)nc3C2C1Cc1cccc(-c2cnn(C)c2)c1. The second kappa shape index (κ2) is 10.9. The van der Waals surface area contributed by atoms with Crippen molar-refractivity contribution < 1.29 is 4.74 Å². The van der Waals surface area contributed by atoms with Gasteiger partial charge in [0.15, 0.2) is 5.82 Å². The molecule has 0 radical (unpaired) electrons. The summed E-state index contributed by atoms with van der Waals surface area (Å²) in [4.78, 5) is 12.0. The zero-order valence-corrected chi connectivity index (χ0v) is 23.4. The monoisotopic (exact) mass is 550 g/mol. The summed E-state index contributed by atoms with van der Waals surface area (Å²) in [6.45, 7) is 5.34.